The fourth-order valence-electron chi connectivity index (χ4n) is 4.27. The quantitative estimate of drug-likeness (QED) is 0.714. The number of benzene rings is 1. The Morgan fingerprint density at radius 1 is 1.24 bits per heavy atom. The molecule has 0 atom stereocenters. The van der Waals surface area contributed by atoms with Crippen molar-refractivity contribution in [1.29, 1.82) is 0 Å². The van der Waals surface area contributed by atoms with E-state index in [1.807, 2.05) is 13.0 Å². The monoisotopic (exact) mass is 340 g/mol. The number of aryl methyl sites for hydroxylation is 1. The Bertz CT molecular complexity index is 713. The molecule has 1 aliphatic carbocycles. The van der Waals surface area contributed by atoms with Gasteiger partial charge < -0.3 is 0 Å². The molecule has 0 radical (unpaired) electrons. The van der Waals surface area contributed by atoms with Crippen LogP contribution in [0.3, 0.4) is 0 Å². The molecule has 4 heteroatoms. The summed E-state index contributed by atoms with van der Waals surface area (Å²) in [5.74, 6) is 0.532. The number of rotatable bonds is 5. The van der Waals surface area contributed by atoms with E-state index in [-0.39, 0.29) is 18.0 Å². The number of carbonyl (C=O) groups excluding carboxylic acids is 1. The average molecular weight is 340 g/mol. The van der Waals surface area contributed by atoms with Crippen molar-refractivity contribution in [2.24, 2.45) is 16.1 Å². The molecule has 1 fully saturated rings. The van der Waals surface area contributed by atoms with Gasteiger partial charge in [-0.25, -0.2) is 0 Å². The molecule has 0 aromatic heterocycles. The first-order valence-electron chi connectivity index (χ1n) is 9.43. The average Bonchev–Trinajstić information content (AvgIpc) is 2.56. The van der Waals surface area contributed by atoms with Crippen molar-refractivity contribution >= 4 is 11.5 Å². The van der Waals surface area contributed by atoms with Crippen LogP contribution in [0.1, 0.15) is 74.6 Å². The summed E-state index contributed by atoms with van der Waals surface area (Å²) in [5, 5.41) is 3.05. The molecule has 1 aromatic carbocycles. The minimum absolute atomic E-state index is 0.173. The van der Waals surface area contributed by atoms with Crippen LogP contribution in [0.4, 0.5) is 0 Å². The van der Waals surface area contributed by atoms with Crippen molar-refractivity contribution < 1.29 is 4.79 Å². The van der Waals surface area contributed by atoms with Crippen LogP contribution in [-0.4, -0.2) is 17.0 Å². The molecule has 25 heavy (non-hydrogen) atoms. The topological polar surface area (TPSA) is 58.9 Å². The van der Waals surface area contributed by atoms with Crippen molar-refractivity contribution in [2.75, 3.05) is 0 Å². The first kappa shape index (κ1) is 18.0. The second-order valence-corrected chi connectivity index (χ2v) is 8.25. The summed E-state index contributed by atoms with van der Waals surface area (Å²) in [6.07, 6.45) is 6.91. The van der Waals surface area contributed by atoms with Gasteiger partial charge in [-0.1, -0.05) is 30.5 Å². The zero-order chi connectivity index (χ0) is 18.0. The van der Waals surface area contributed by atoms with Gasteiger partial charge in [-0.15, -0.1) is 0 Å². The molecule has 1 aromatic rings. The number of carbonyl (C=O) groups is 1. The number of Topliss-reactive ketones (excluding diaryl/α,β-unsaturated/α-hetero) is 1. The maximum absolute atomic E-state index is 12.8. The second-order valence-electron chi connectivity index (χ2n) is 8.25. The van der Waals surface area contributed by atoms with Crippen molar-refractivity contribution in [3.8, 4) is 0 Å². The van der Waals surface area contributed by atoms with Gasteiger partial charge in [0.05, 0.1) is 11.3 Å². The third kappa shape index (κ3) is 4.05. The summed E-state index contributed by atoms with van der Waals surface area (Å²) in [5.41, 5.74) is 5.02. The highest BCUT2D eigenvalue weighted by molar-refractivity contribution is 6.13. The van der Waals surface area contributed by atoms with E-state index in [0.717, 1.165) is 41.7 Å². The molecule has 0 bridgehead atoms. The third-order valence-corrected chi connectivity index (χ3v) is 5.57. The molecule has 0 unspecified atom stereocenters. The number of ketones is 1. The predicted molar refractivity (Wildman–Crippen MR) is 101 cm³/mol. The normalized spacial score (nSPS) is 19.9. The molecular formula is C21H28N2O2. The Hall–Kier alpha value is -1.84. The zero-order valence-corrected chi connectivity index (χ0v) is 15.6. The van der Waals surface area contributed by atoms with Crippen LogP contribution >= 0.6 is 0 Å². The van der Waals surface area contributed by atoms with Gasteiger partial charge in [0.25, 0.3) is 0 Å². The minimum Gasteiger partial charge on any atom is -0.299 e. The molecule has 2 aliphatic rings. The number of fused-ring (bicyclic) bond motifs is 1. The molecule has 134 valence electrons. The van der Waals surface area contributed by atoms with Crippen LogP contribution in [0.15, 0.2) is 22.3 Å². The first-order valence-corrected chi connectivity index (χ1v) is 9.43. The van der Waals surface area contributed by atoms with E-state index in [9.17, 15) is 9.70 Å². The van der Waals surface area contributed by atoms with Crippen LogP contribution in [0.2, 0.25) is 0 Å². The van der Waals surface area contributed by atoms with E-state index < -0.39 is 0 Å². The van der Waals surface area contributed by atoms with Crippen molar-refractivity contribution in [3.05, 3.63) is 39.3 Å². The van der Waals surface area contributed by atoms with Crippen LogP contribution in [-0.2, 0) is 17.8 Å². The lowest BCUT2D eigenvalue weighted by molar-refractivity contribution is -0.122. The van der Waals surface area contributed by atoms with Crippen LogP contribution in [0.25, 0.3) is 0 Å². The molecule has 3 rings (SSSR count). The first-order chi connectivity index (χ1) is 11.9. The molecule has 0 N–H and O–H groups in total. The fraction of sp³-hybridized carbons (Fsp3) is 0.619. The third-order valence-electron chi connectivity index (χ3n) is 5.57. The molecule has 0 amide bonds. The van der Waals surface area contributed by atoms with Crippen LogP contribution < -0.4 is 0 Å². The number of hydrogen-bond acceptors (Lipinski definition) is 4. The van der Waals surface area contributed by atoms with Gasteiger partial charge in [-0.3, -0.25) is 9.79 Å². The van der Waals surface area contributed by atoms with Gasteiger partial charge in [0.1, 0.15) is 12.3 Å². The van der Waals surface area contributed by atoms with Gasteiger partial charge in [-0.05, 0) is 68.4 Å². The highest BCUT2D eigenvalue weighted by atomic mass is 16.3. The molecule has 1 aliphatic heterocycles. The summed E-state index contributed by atoms with van der Waals surface area (Å²) in [6.45, 7) is 6.44. The number of nitrogens with zero attached hydrogens (tertiary/aromatic N) is 2. The summed E-state index contributed by atoms with van der Waals surface area (Å²) >= 11 is 0. The number of hydrogen-bond donors (Lipinski definition) is 0. The number of nitroso groups, excluding NO2 is 1. The molecule has 0 spiro atoms. The van der Waals surface area contributed by atoms with Gasteiger partial charge >= 0.3 is 0 Å². The fourth-order valence-corrected chi connectivity index (χ4v) is 4.27. The lowest BCUT2D eigenvalue weighted by Crippen LogP contribution is -2.31. The largest absolute Gasteiger partial charge is 0.299 e. The van der Waals surface area contributed by atoms with E-state index in [2.05, 4.69) is 25.1 Å². The molecule has 1 saturated carbocycles. The lowest BCUT2D eigenvalue weighted by atomic mass is 9.80. The Morgan fingerprint density at radius 2 is 1.96 bits per heavy atom. The van der Waals surface area contributed by atoms with Crippen LogP contribution in [0, 0.1) is 17.7 Å². The lowest BCUT2D eigenvalue weighted by Gasteiger charge is -2.30. The summed E-state index contributed by atoms with van der Waals surface area (Å²) in [4.78, 5) is 28.5. The van der Waals surface area contributed by atoms with Crippen molar-refractivity contribution in [3.63, 3.8) is 0 Å². The van der Waals surface area contributed by atoms with Gasteiger partial charge in [0.15, 0.2) is 0 Å². The van der Waals surface area contributed by atoms with E-state index in [1.165, 1.54) is 24.8 Å². The highest BCUT2D eigenvalue weighted by Gasteiger charge is 2.30. The molecule has 4 nitrogen and oxygen atoms in total. The standard InChI is InChI=1S/C21H28N2O2/c1-14-9-16-12-21(2,3)23-19(18(16)10-17(14)13-22-25)11-20(24)15-7-5-4-6-8-15/h9-10,15H,4-8,11-13H2,1-3H3. The molecule has 0 saturated heterocycles. The molecular weight excluding hydrogens is 312 g/mol. The second kappa shape index (κ2) is 7.19. The Kier molecular flexibility index (Phi) is 5.16. The Balaban J connectivity index is 1.92. The maximum Gasteiger partial charge on any atom is 0.141 e. The van der Waals surface area contributed by atoms with Gasteiger partial charge in [-0.2, -0.15) is 4.91 Å². The van der Waals surface area contributed by atoms with E-state index in [4.69, 9.17) is 4.99 Å². The van der Waals surface area contributed by atoms with Crippen molar-refractivity contribution in [1.82, 2.24) is 0 Å². The highest BCUT2D eigenvalue weighted by Crippen LogP contribution is 2.32. The van der Waals surface area contributed by atoms with Crippen LogP contribution in [0.5, 0.6) is 0 Å². The van der Waals surface area contributed by atoms with Crippen molar-refractivity contribution in [2.45, 2.75) is 77.8 Å². The number of aliphatic imine (C=N–C) groups is 1. The summed E-state index contributed by atoms with van der Waals surface area (Å²) in [7, 11) is 0. The smallest absolute Gasteiger partial charge is 0.141 e. The maximum atomic E-state index is 12.8. The Labute approximate surface area is 150 Å². The van der Waals surface area contributed by atoms with Gasteiger partial charge in [0, 0.05) is 12.3 Å². The summed E-state index contributed by atoms with van der Waals surface area (Å²) in [6, 6.07) is 4.19. The van der Waals surface area contributed by atoms with E-state index in [0.29, 0.717) is 12.2 Å². The Morgan fingerprint density at radius 3 is 2.64 bits per heavy atom. The van der Waals surface area contributed by atoms with E-state index >= 15 is 0 Å². The zero-order valence-electron chi connectivity index (χ0n) is 15.6. The van der Waals surface area contributed by atoms with Gasteiger partial charge in [0.2, 0.25) is 0 Å². The SMILES string of the molecule is Cc1cc2c(cc1CN=O)C(CC(=O)C1CCCCC1)=NC(C)(C)C2. The molecule has 1 heterocycles. The minimum atomic E-state index is -0.188. The predicted octanol–water partition coefficient (Wildman–Crippen LogP) is 4.92. The summed E-state index contributed by atoms with van der Waals surface area (Å²) < 4.78 is 0. The van der Waals surface area contributed by atoms with E-state index in [1.54, 1.807) is 0 Å².